The number of nitrogens with one attached hydrogen (secondary N) is 1. The summed E-state index contributed by atoms with van der Waals surface area (Å²) in [7, 11) is 0. The van der Waals surface area contributed by atoms with Gasteiger partial charge >= 0.3 is 11.9 Å². The molecular weight excluding hydrogens is 319 g/mol. The molecule has 0 spiro atoms. The lowest BCUT2D eigenvalue weighted by atomic mass is 10.1. The van der Waals surface area contributed by atoms with Crippen molar-refractivity contribution in [2.45, 2.75) is 13.1 Å². The molecule has 1 N–H and O–H groups in total. The zero-order valence-electron chi connectivity index (χ0n) is 15.5. The molecule has 0 radical (unpaired) electrons. The van der Waals surface area contributed by atoms with Crippen LogP contribution < -0.4 is 11.0 Å². The molecule has 24 heavy (non-hydrogen) atoms. The maximum absolute atomic E-state index is 13.2. The minimum Gasteiger partial charge on any atom is -0.372 e. The average molecular weight is 336 g/mol. The van der Waals surface area contributed by atoms with Crippen LogP contribution in [0.4, 0.5) is 19.0 Å². The van der Waals surface area contributed by atoms with Crippen LogP contribution in [0.1, 0.15) is 15.2 Å². The molecule has 0 saturated carbocycles. The fraction of sp³-hybridized carbons (Fsp3) is 0.176. The second-order valence-corrected chi connectivity index (χ2v) is 5.22. The van der Waals surface area contributed by atoms with E-state index in [1.807, 2.05) is 0 Å². The highest BCUT2D eigenvalue weighted by molar-refractivity contribution is 5.90. The first kappa shape index (κ1) is 12.6. The molecule has 1 aromatic heterocycles. The maximum atomic E-state index is 13.2. The number of fused-ring (bicyclic) bond motifs is 1. The monoisotopic (exact) mass is 336 g/mol. The quantitative estimate of drug-likeness (QED) is 0.775. The highest BCUT2D eigenvalue weighted by atomic mass is 19.4. The number of para-hydroxylation sites is 1. The van der Waals surface area contributed by atoms with Crippen molar-refractivity contribution in [2.24, 2.45) is 0 Å². The van der Waals surface area contributed by atoms with E-state index in [0.29, 0.717) is 11.3 Å². The van der Waals surface area contributed by atoms with Crippen molar-refractivity contribution in [1.29, 1.82) is 0 Å². The summed E-state index contributed by atoms with van der Waals surface area (Å²) in [5.74, 6) is -0.298. The topological polar surface area (TPSA) is 46.9 Å². The SMILES string of the molecule is [2H]C([2H])([2H])Nc1nc(=O)n(-c2ccccc2C)c2cc(C(F)(F)F)ccc12. The molecule has 0 bridgehead atoms. The summed E-state index contributed by atoms with van der Waals surface area (Å²) >= 11 is 0. The number of alkyl halides is 3. The van der Waals surface area contributed by atoms with E-state index >= 15 is 0 Å². The van der Waals surface area contributed by atoms with E-state index in [1.54, 1.807) is 31.2 Å². The van der Waals surface area contributed by atoms with Crippen LogP contribution in [0.2, 0.25) is 0 Å². The molecule has 0 aliphatic carbocycles. The largest absolute Gasteiger partial charge is 0.416 e. The zero-order valence-corrected chi connectivity index (χ0v) is 12.5. The van der Waals surface area contributed by atoms with Gasteiger partial charge in [0, 0.05) is 16.5 Å². The zero-order chi connectivity index (χ0) is 20.0. The van der Waals surface area contributed by atoms with Crippen LogP contribution in [0.5, 0.6) is 0 Å². The molecule has 7 heteroatoms. The van der Waals surface area contributed by atoms with Crippen LogP contribution in [0, 0.1) is 6.92 Å². The van der Waals surface area contributed by atoms with E-state index in [1.165, 1.54) is 0 Å². The van der Waals surface area contributed by atoms with Crippen molar-refractivity contribution < 1.29 is 17.3 Å². The predicted molar refractivity (Wildman–Crippen MR) is 86.6 cm³/mol. The van der Waals surface area contributed by atoms with Gasteiger partial charge in [-0.1, -0.05) is 18.2 Å². The molecule has 0 aliphatic heterocycles. The van der Waals surface area contributed by atoms with Gasteiger partial charge in [-0.3, -0.25) is 4.57 Å². The molecule has 1 heterocycles. The lowest BCUT2D eigenvalue weighted by Gasteiger charge is -2.16. The normalized spacial score (nSPS) is 14.1. The summed E-state index contributed by atoms with van der Waals surface area (Å²) in [5, 5.41) is 2.20. The predicted octanol–water partition coefficient (Wildman–Crippen LogP) is 3.75. The minimum absolute atomic E-state index is 0.0852. The van der Waals surface area contributed by atoms with Gasteiger partial charge in [-0.25, -0.2) is 4.79 Å². The van der Waals surface area contributed by atoms with Gasteiger partial charge in [0.15, 0.2) is 0 Å². The van der Waals surface area contributed by atoms with E-state index < -0.39 is 24.4 Å². The number of halogens is 3. The number of aromatic nitrogens is 2. The van der Waals surface area contributed by atoms with Gasteiger partial charge in [0.2, 0.25) is 0 Å². The number of nitrogens with zero attached hydrogens (tertiary/aromatic N) is 2. The lowest BCUT2D eigenvalue weighted by Crippen LogP contribution is -2.24. The van der Waals surface area contributed by atoms with Gasteiger partial charge in [-0.2, -0.15) is 18.2 Å². The summed E-state index contributed by atoms with van der Waals surface area (Å²) < 4.78 is 62.5. The van der Waals surface area contributed by atoms with Crippen LogP contribution in [-0.2, 0) is 6.18 Å². The molecule has 3 aromatic rings. The molecule has 4 nitrogen and oxygen atoms in total. The van der Waals surface area contributed by atoms with E-state index in [0.717, 1.165) is 22.8 Å². The summed E-state index contributed by atoms with van der Waals surface area (Å²) in [5.41, 5.74) is -0.923. The standard InChI is InChI=1S/C17H14F3N3O/c1-10-5-3-4-6-13(10)23-14-9-11(17(18,19)20)7-8-12(14)15(21-2)22-16(23)24/h3-9H,1-2H3,(H,21,22,24)/i2D3. The average Bonchev–Trinajstić information content (AvgIpc) is 2.53. The van der Waals surface area contributed by atoms with E-state index in [9.17, 15) is 18.0 Å². The van der Waals surface area contributed by atoms with Crippen molar-refractivity contribution in [1.82, 2.24) is 9.55 Å². The number of hydrogen-bond donors (Lipinski definition) is 1. The molecule has 0 fully saturated rings. The van der Waals surface area contributed by atoms with Crippen LogP contribution in [0.25, 0.3) is 16.6 Å². The van der Waals surface area contributed by atoms with Gasteiger partial charge in [0.1, 0.15) is 5.82 Å². The molecule has 0 amide bonds. The fourth-order valence-corrected chi connectivity index (χ4v) is 2.54. The number of aryl methyl sites for hydroxylation is 1. The highest BCUT2D eigenvalue weighted by Gasteiger charge is 2.31. The van der Waals surface area contributed by atoms with Crippen molar-refractivity contribution in [3.8, 4) is 5.69 Å². The lowest BCUT2D eigenvalue weighted by molar-refractivity contribution is -0.137. The second-order valence-electron chi connectivity index (χ2n) is 5.22. The van der Waals surface area contributed by atoms with Crippen LogP contribution in [0.3, 0.4) is 0 Å². The molecule has 0 aliphatic rings. The van der Waals surface area contributed by atoms with Gasteiger partial charge in [-0.15, -0.1) is 0 Å². The third kappa shape index (κ3) is 2.62. The van der Waals surface area contributed by atoms with E-state index in [-0.39, 0.29) is 16.7 Å². The first-order chi connectivity index (χ1) is 12.5. The van der Waals surface area contributed by atoms with Crippen molar-refractivity contribution in [2.75, 3.05) is 12.3 Å². The highest BCUT2D eigenvalue weighted by Crippen LogP contribution is 2.33. The fourth-order valence-electron chi connectivity index (χ4n) is 2.54. The molecule has 124 valence electrons. The maximum Gasteiger partial charge on any atom is 0.416 e. The summed E-state index contributed by atoms with van der Waals surface area (Å²) in [6.07, 6.45) is -4.62. The summed E-state index contributed by atoms with van der Waals surface area (Å²) in [4.78, 5) is 16.4. The van der Waals surface area contributed by atoms with Crippen molar-refractivity contribution >= 4 is 16.7 Å². The van der Waals surface area contributed by atoms with Gasteiger partial charge in [0.05, 0.1) is 16.8 Å². The third-order valence-corrected chi connectivity index (χ3v) is 3.69. The van der Waals surface area contributed by atoms with E-state index in [2.05, 4.69) is 10.3 Å². The number of benzene rings is 2. The molecule has 3 rings (SSSR count). The van der Waals surface area contributed by atoms with Gasteiger partial charge in [0.25, 0.3) is 0 Å². The Hall–Kier alpha value is -2.83. The Morgan fingerprint density at radius 3 is 2.62 bits per heavy atom. The Bertz CT molecular complexity index is 1070. The smallest absolute Gasteiger partial charge is 0.372 e. The first-order valence-corrected chi connectivity index (χ1v) is 6.95. The van der Waals surface area contributed by atoms with Crippen molar-refractivity contribution in [3.05, 3.63) is 64.1 Å². The first-order valence-electron chi connectivity index (χ1n) is 8.45. The van der Waals surface area contributed by atoms with Crippen LogP contribution in [-0.4, -0.2) is 16.5 Å². The van der Waals surface area contributed by atoms with Gasteiger partial charge in [-0.05, 0) is 36.8 Å². The van der Waals surface area contributed by atoms with Crippen LogP contribution >= 0.6 is 0 Å². The number of rotatable bonds is 2. The number of anilines is 1. The molecule has 0 unspecified atom stereocenters. The number of hydrogen-bond acceptors (Lipinski definition) is 3. The second kappa shape index (κ2) is 5.67. The third-order valence-electron chi connectivity index (χ3n) is 3.69. The molecule has 2 aromatic carbocycles. The Labute approximate surface area is 139 Å². The molecule has 0 saturated heterocycles. The van der Waals surface area contributed by atoms with E-state index in [4.69, 9.17) is 4.11 Å². The molecule has 0 atom stereocenters. The van der Waals surface area contributed by atoms with Crippen molar-refractivity contribution in [3.63, 3.8) is 0 Å². The summed E-state index contributed by atoms with van der Waals surface area (Å²) in [6, 6.07) is 9.39. The minimum atomic E-state index is -4.62. The van der Waals surface area contributed by atoms with Crippen LogP contribution in [0.15, 0.2) is 47.3 Å². The Morgan fingerprint density at radius 1 is 1.21 bits per heavy atom. The Morgan fingerprint density at radius 2 is 1.96 bits per heavy atom. The molecular formula is C17H14F3N3O. The van der Waals surface area contributed by atoms with Gasteiger partial charge < -0.3 is 5.32 Å². The Kier molecular flexibility index (Phi) is 2.97. The Balaban J connectivity index is 2.41. The summed E-state index contributed by atoms with van der Waals surface area (Å²) in [6.45, 7) is -0.959.